The molecular formula is C22H19N3O10S. The minimum Gasteiger partial charge on any atom is -0.490 e. The summed E-state index contributed by atoms with van der Waals surface area (Å²) < 4.78 is 16.0. The number of thioether (sulfide) groups is 1. The molecule has 3 rings (SSSR count). The van der Waals surface area contributed by atoms with Crippen LogP contribution in [0.25, 0.3) is 6.08 Å². The Hall–Kier alpha value is -4.46. The number of benzene rings is 2. The topological polar surface area (TPSA) is 168 Å². The number of nitro groups is 2. The fraction of sp³-hybridized carbons (Fsp3) is 0.227. The minimum atomic E-state index is -0.802. The number of hydrogen-bond donors (Lipinski definition) is 0. The first kappa shape index (κ1) is 26.2. The van der Waals surface area contributed by atoms with E-state index in [1.165, 1.54) is 24.3 Å². The monoisotopic (exact) mass is 517 g/mol. The van der Waals surface area contributed by atoms with E-state index in [0.29, 0.717) is 17.3 Å². The zero-order valence-electron chi connectivity index (χ0n) is 19.0. The molecule has 0 aliphatic carbocycles. The first-order valence-electron chi connectivity index (χ1n) is 10.4. The fourth-order valence-electron chi connectivity index (χ4n) is 3.06. The molecule has 2 aromatic carbocycles. The number of carbonyl (C=O) groups excluding carboxylic acids is 3. The molecule has 188 valence electrons. The Bertz CT molecular complexity index is 1280. The average molecular weight is 517 g/mol. The van der Waals surface area contributed by atoms with Gasteiger partial charge in [0, 0.05) is 6.07 Å². The van der Waals surface area contributed by atoms with Crippen LogP contribution in [0.5, 0.6) is 17.2 Å². The van der Waals surface area contributed by atoms with Crippen molar-refractivity contribution in [1.29, 1.82) is 0 Å². The molecular weight excluding hydrogens is 498 g/mol. The molecule has 36 heavy (non-hydrogen) atoms. The summed E-state index contributed by atoms with van der Waals surface area (Å²) in [6.07, 6.45) is 1.43. The number of carbonyl (C=O) groups is 3. The molecule has 0 saturated carbocycles. The summed E-state index contributed by atoms with van der Waals surface area (Å²) >= 11 is 0.660. The third-order valence-corrected chi connectivity index (χ3v) is 5.51. The molecule has 0 N–H and O–H groups in total. The van der Waals surface area contributed by atoms with Crippen molar-refractivity contribution in [3.8, 4) is 17.2 Å². The number of imide groups is 1. The largest absolute Gasteiger partial charge is 0.490 e. The molecule has 0 spiro atoms. The van der Waals surface area contributed by atoms with E-state index in [4.69, 9.17) is 14.2 Å². The molecule has 0 unspecified atom stereocenters. The maximum absolute atomic E-state index is 12.6. The Morgan fingerprint density at radius 3 is 2.36 bits per heavy atom. The Kier molecular flexibility index (Phi) is 8.22. The van der Waals surface area contributed by atoms with Crippen LogP contribution < -0.4 is 9.47 Å². The summed E-state index contributed by atoms with van der Waals surface area (Å²) in [5.74, 6) is -1.34. The predicted octanol–water partition coefficient (Wildman–Crippen LogP) is 4.29. The van der Waals surface area contributed by atoms with E-state index in [0.717, 1.165) is 23.1 Å². The predicted molar refractivity (Wildman–Crippen MR) is 127 cm³/mol. The van der Waals surface area contributed by atoms with E-state index >= 15 is 0 Å². The van der Waals surface area contributed by atoms with Gasteiger partial charge in [0.25, 0.3) is 16.8 Å². The molecule has 14 heteroatoms. The minimum absolute atomic E-state index is 0.0754. The number of non-ortho nitro benzene ring substituents is 1. The second kappa shape index (κ2) is 11.3. The van der Waals surface area contributed by atoms with Crippen LogP contribution in [0.15, 0.2) is 41.3 Å². The summed E-state index contributed by atoms with van der Waals surface area (Å²) in [7, 11) is 0. The third kappa shape index (κ3) is 5.96. The van der Waals surface area contributed by atoms with E-state index < -0.39 is 44.9 Å². The van der Waals surface area contributed by atoms with Gasteiger partial charge in [-0.15, -0.1) is 0 Å². The highest BCUT2D eigenvalue weighted by Gasteiger charge is 2.36. The lowest BCUT2D eigenvalue weighted by Gasteiger charge is -2.13. The second-order valence-corrected chi connectivity index (χ2v) is 7.97. The van der Waals surface area contributed by atoms with E-state index in [1.54, 1.807) is 13.8 Å². The van der Waals surface area contributed by atoms with Gasteiger partial charge in [0.2, 0.25) is 5.75 Å². The lowest BCUT2D eigenvalue weighted by atomic mass is 10.1. The molecule has 1 aliphatic heterocycles. The summed E-state index contributed by atoms with van der Waals surface area (Å²) in [6.45, 7) is 3.13. The molecule has 0 aromatic heterocycles. The molecule has 1 heterocycles. The molecule has 2 amide bonds. The highest BCUT2D eigenvalue weighted by Crippen LogP contribution is 2.39. The van der Waals surface area contributed by atoms with E-state index in [1.807, 2.05) is 0 Å². The standard InChI is InChI=1S/C22H19N3O10S/c1-3-33-18-9-13(10-19-21(27)23(22(28)36-19)12-20(26)34-4-2)5-7-17(18)35-16-8-6-14(24(29)30)11-15(16)25(31)32/h5-11H,3-4,12H2,1-2H3/b19-10-. The number of amides is 2. The number of rotatable bonds is 10. The summed E-state index contributed by atoms with van der Waals surface area (Å²) in [5, 5.41) is 21.7. The van der Waals surface area contributed by atoms with Crippen LogP contribution in [0.3, 0.4) is 0 Å². The normalized spacial score (nSPS) is 14.2. The van der Waals surface area contributed by atoms with Crippen molar-refractivity contribution in [2.45, 2.75) is 13.8 Å². The lowest BCUT2D eigenvalue weighted by Crippen LogP contribution is -2.34. The van der Waals surface area contributed by atoms with Gasteiger partial charge in [-0.05, 0) is 55.4 Å². The summed E-state index contributed by atoms with van der Waals surface area (Å²) in [5.41, 5.74) is -0.622. The molecule has 0 radical (unpaired) electrons. The van der Waals surface area contributed by atoms with Crippen molar-refractivity contribution < 1.29 is 38.4 Å². The van der Waals surface area contributed by atoms with Crippen molar-refractivity contribution in [2.24, 2.45) is 0 Å². The Morgan fingerprint density at radius 2 is 1.72 bits per heavy atom. The van der Waals surface area contributed by atoms with Crippen LogP contribution in [0, 0.1) is 20.2 Å². The van der Waals surface area contributed by atoms with Gasteiger partial charge in [0.15, 0.2) is 11.5 Å². The van der Waals surface area contributed by atoms with Crippen LogP contribution in [0.1, 0.15) is 19.4 Å². The van der Waals surface area contributed by atoms with Crippen molar-refractivity contribution in [1.82, 2.24) is 4.90 Å². The number of ether oxygens (including phenoxy) is 3. The second-order valence-electron chi connectivity index (χ2n) is 6.98. The van der Waals surface area contributed by atoms with Crippen molar-refractivity contribution in [3.05, 3.63) is 67.1 Å². The number of nitrogens with zero attached hydrogens (tertiary/aromatic N) is 3. The lowest BCUT2D eigenvalue weighted by molar-refractivity contribution is -0.394. The molecule has 0 atom stereocenters. The Balaban J connectivity index is 1.89. The van der Waals surface area contributed by atoms with Crippen molar-refractivity contribution in [3.63, 3.8) is 0 Å². The van der Waals surface area contributed by atoms with Gasteiger partial charge in [0.1, 0.15) is 6.54 Å². The Labute approximate surface area is 207 Å². The van der Waals surface area contributed by atoms with Gasteiger partial charge in [-0.1, -0.05) is 6.07 Å². The van der Waals surface area contributed by atoms with Gasteiger partial charge in [-0.25, -0.2) is 0 Å². The van der Waals surface area contributed by atoms with Crippen LogP contribution >= 0.6 is 11.8 Å². The van der Waals surface area contributed by atoms with Gasteiger partial charge in [-0.2, -0.15) is 0 Å². The van der Waals surface area contributed by atoms with Crippen LogP contribution in [-0.4, -0.2) is 51.6 Å². The molecule has 1 aliphatic rings. The van der Waals surface area contributed by atoms with Crippen LogP contribution in [0.2, 0.25) is 0 Å². The molecule has 2 aromatic rings. The van der Waals surface area contributed by atoms with Crippen molar-refractivity contribution in [2.75, 3.05) is 19.8 Å². The van der Waals surface area contributed by atoms with Gasteiger partial charge < -0.3 is 14.2 Å². The quantitative estimate of drug-likeness (QED) is 0.191. The van der Waals surface area contributed by atoms with E-state index in [-0.39, 0.29) is 35.4 Å². The van der Waals surface area contributed by atoms with Gasteiger partial charge in [0.05, 0.1) is 34.0 Å². The smallest absolute Gasteiger partial charge is 0.326 e. The first-order valence-corrected chi connectivity index (χ1v) is 11.2. The first-order chi connectivity index (χ1) is 17.1. The van der Waals surface area contributed by atoms with Crippen LogP contribution in [0.4, 0.5) is 16.2 Å². The molecule has 0 bridgehead atoms. The average Bonchev–Trinajstić information content (AvgIpc) is 3.08. The highest BCUT2D eigenvalue weighted by molar-refractivity contribution is 8.18. The number of nitro benzene ring substituents is 2. The third-order valence-electron chi connectivity index (χ3n) is 4.60. The van der Waals surface area contributed by atoms with Crippen LogP contribution in [-0.2, 0) is 14.3 Å². The molecule has 1 saturated heterocycles. The number of esters is 1. The van der Waals surface area contributed by atoms with E-state index in [2.05, 4.69) is 0 Å². The molecule has 1 fully saturated rings. The Morgan fingerprint density at radius 1 is 1.00 bits per heavy atom. The maximum atomic E-state index is 12.6. The van der Waals surface area contributed by atoms with Gasteiger partial charge in [-0.3, -0.25) is 39.5 Å². The highest BCUT2D eigenvalue weighted by atomic mass is 32.2. The molecule has 13 nitrogen and oxygen atoms in total. The summed E-state index contributed by atoms with van der Waals surface area (Å²) in [6, 6.07) is 7.42. The zero-order valence-corrected chi connectivity index (χ0v) is 19.8. The number of hydrogen-bond acceptors (Lipinski definition) is 11. The van der Waals surface area contributed by atoms with E-state index in [9.17, 15) is 34.6 Å². The summed E-state index contributed by atoms with van der Waals surface area (Å²) in [4.78, 5) is 58.1. The fourth-order valence-corrected chi connectivity index (χ4v) is 3.90. The maximum Gasteiger partial charge on any atom is 0.326 e. The SMILES string of the molecule is CCOC(=O)CN1C(=O)S/C(=C\c2ccc(Oc3ccc([N+](=O)[O-])cc3[N+](=O)[O-])c(OCC)c2)C1=O. The van der Waals surface area contributed by atoms with Gasteiger partial charge >= 0.3 is 11.7 Å². The van der Waals surface area contributed by atoms with Crippen molar-refractivity contribution >= 4 is 46.3 Å². The zero-order chi connectivity index (χ0) is 26.4.